The number of carboxylic acids is 1. The Morgan fingerprint density at radius 1 is 1.61 bits per heavy atom. The number of ether oxygens (including phenoxy) is 1. The Hall–Kier alpha value is -0.910. The molecule has 1 unspecified atom stereocenters. The third-order valence-electron chi connectivity index (χ3n) is 1.88. The molecule has 3 N–H and O–H groups in total. The van der Waals surface area contributed by atoms with Crippen LogP contribution in [-0.2, 0) is 19.7 Å². The first-order chi connectivity index (χ1) is 9.13. The van der Waals surface area contributed by atoms with Crippen LogP contribution in [0.15, 0.2) is 0 Å². The Bertz CT molecular complexity index is 467. The Morgan fingerprint density at radius 2 is 2.11 bits per heavy atom. The Labute approximate surface area is 106 Å². The highest BCUT2D eigenvalue weighted by atomic mass is 32.2. The second kappa shape index (κ2) is 6.31. The molecule has 1 atom stereocenters. The van der Waals surface area contributed by atoms with Gasteiger partial charge in [0.05, 0.1) is 10.2 Å². The van der Waals surface area contributed by atoms with Crippen LogP contribution in [0.2, 0.25) is 0 Å². The number of hydrogen-bond donors (Lipinski definition) is 2. The molecule has 1 aliphatic heterocycles. The van der Waals surface area contributed by atoms with Gasteiger partial charge in [-0.05, 0) is 6.42 Å². The molecule has 0 amide bonds. The monoisotopic (exact) mass is 297 g/mol. The first-order valence-corrected chi connectivity index (χ1v) is 5.89. The molecule has 0 aromatic rings. The lowest BCUT2D eigenvalue weighted by Gasteiger charge is -2.11. The fourth-order valence-corrected chi connectivity index (χ4v) is 1.76. The standard InChI is InChI=1S/C5H12N2O3S.C2HF3O2/c1-10-5-2-3-7(4-5)11(6,8)9;3-2(4,5)1(6)7/h5H,2-4H2,1H3,(H2,6,8,9);(H,6,7)/i1D3;. The van der Waals surface area contributed by atoms with Crippen molar-refractivity contribution in [3.63, 3.8) is 0 Å². The molecular weight excluding hydrogens is 281 g/mol. The minimum atomic E-state index is -5.08. The normalized spacial score (nSPS) is 24.4. The molecular formula is C7H13F3N2O5S. The number of rotatable bonds is 2. The van der Waals surface area contributed by atoms with Gasteiger partial charge in [-0.2, -0.15) is 25.9 Å². The zero-order valence-corrected chi connectivity index (χ0v) is 9.66. The van der Waals surface area contributed by atoms with E-state index in [1.807, 2.05) is 0 Å². The van der Waals surface area contributed by atoms with Crippen LogP contribution >= 0.6 is 0 Å². The van der Waals surface area contributed by atoms with Crippen LogP contribution in [0.25, 0.3) is 0 Å². The summed E-state index contributed by atoms with van der Waals surface area (Å²) >= 11 is 0. The van der Waals surface area contributed by atoms with E-state index in [0.717, 1.165) is 4.31 Å². The molecule has 7 nitrogen and oxygen atoms in total. The Morgan fingerprint density at radius 3 is 2.39 bits per heavy atom. The summed E-state index contributed by atoms with van der Waals surface area (Å²) in [4.78, 5) is 8.90. The first kappa shape index (κ1) is 12.1. The van der Waals surface area contributed by atoms with Gasteiger partial charge in [0.25, 0.3) is 10.2 Å². The molecule has 1 aliphatic rings. The highest BCUT2D eigenvalue weighted by Gasteiger charge is 2.38. The number of nitrogens with zero attached hydrogens (tertiary/aromatic N) is 1. The number of hydrogen-bond acceptors (Lipinski definition) is 4. The highest BCUT2D eigenvalue weighted by Crippen LogP contribution is 2.13. The Kier molecular flexibility index (Phi) is 4.26. The van der Waals surface area contributed by atoms with Crippen molar-refractivity contribution >= 4 is 16.2 Å². The molecule has 11 heteroatoms. The molecule has 0 aromatic heterocycles. The van der Waals surface area contributed by atoms with E-state index in [1.165, 1.54) is 0 Å². The topological polar surface area (TPSA) is 110 Å². The zero-order chi connectivity index (χ0) is 17.1. The highest BCUT2D eigenvalue weighted by molar-refractivity contribution is 7.86. The van der Waals surface area contributed by atoms with Crippen LogP contribution in [0.4, 0.5) is 13.2 Å². The Balaban J connectivity index is 0.000000486. The molecule has 1 fully saturated rings. The summed E-state index contributed by atoms with van der Waals surface area (Å²) in [6.07, 6.45) is -5.32. The van der Waals surface area contributed by atoms with Crippen LogP contribution in [0.3, 0.4) is 0 Å². The molecule has 18 heavy (non-hydrogen) atoms. The second-order valence-corrected chi connectivity index (χ2v) is 4.78. The van der Waals surface area contributed by atoms with Crippen LogP contribution in [0, 0.1) is 0 Å². The number of carboxylic acid groups (broad SMARTS) is 1. The zero-order valence-electron chi connectivity index (χ0n) is 11.8. The van der Waals surface area contributed by atoms with E-state index in [1.54, 1.807) is 0 Å². The molecule has 1 heterocycles. The predicted molar refractivity (Wildman–Crippen MR) is 53.8 cm³/mol. The van der Waals surface area contributed by atoms with Crippen molar-refractivity contribution in [3.8, 4) is 0 Å². The van der Waals surface area contributed by atoms with Crippen molar-refractivity contribution in [2.24, 2.45) is 5.14 Å². The third-order valence-corrected chi connectivity index (χ3v) is 2.93. The summed E-state index contributed by atoms with van der Waals surface area (Å²) in [5, 5.41) is 12.0. The van der Waals surface area contributed by atoms with Gasteiger partial charge in [-0.3, -0.25) is 0 Å². The van der Waals surface area contributed by atoms with E-state index >= 15 is 0 Å². The lowest BCUT2D eigenvalue weighted by atomic mass is 10.3. The van der Waals surface area contributed by atoms with Crippen LogP contribution in [0.5, 0.6) is 0 Å². The van der Waals surface area contributed by atoms with Gasteiger partial charge in [0.15, 0.2) is 0 Å². The van der Waals surface area contributed by atoms with E-state index < -0.39 is 35.5 Å². The first-order valence-electron chi connectivity index (χ1n) is 5.89. The van der Waals surface area contributed by atoms with Gasteiger partial charge in [0.1, 0.15) is 0 Å². The molecule has 0 aliphatic carbocycles. The van der Waals surface area contributed by atoms with E-state index in [4.69, 9.17) is 19.2 Å². The largest absolute Gasteiger partial charge is 0.490 e. The average Bonchev–Trinajstić information content (AvgIpc) is 2.61. The van der Waals surface area contributed by atoms with E-state index in [0.29, 0.717) is 6.42 Å². The maximum absolute atomic E-state index is 10.9. The van der Waals surface area contributed by atoms with Gasteiger partial charge >= 0.3 is 12.1 Å². The number of halogens is 3. The number of alkyl halides is 3. The van der Waals surface area contributed by atoms with Crippen molar-refractivity contribution < 1.29 is 40.3 Å². The molecule has 1 rings (SSSR count). The molecule has 1 saturated heterocycles. The molecule has 0 aromatic carbocycles. The molecule has 108 valence electrons. The predicted octanol–water partition coefficient (Wildman–Crippen LogP) is -0.456. The van der Waals surface area contributed by atoms with Gasteiger partial charge < -0.3 is 9.84 Å². The van der Waals surface area contributed by atoms with Gasteiger partial charge in [-0.1, -0.05) is 0 Å². The summed E-state index contributed by atoms with van der Waals surface area (Å²) in [5.74, 6) is -2.76. The van der Waals surface area contributed by atoms with Crippen LogP contribution < -0.4 is 5.14 Å². The van der Waals surface area contributed by atoms with Crippen LogP contribution in [-0.4, -0.2) is 56.2 Å². The number of methoxy groups -OCH3 is 1. The number of carbonyl (C=O) groups is 1. The summed E-state index contributed by atoms with van der Waals surface area (Å²) in [6, 6.07) is 0. The van der Waals surface area contributed by atoms with E-state index in [2.05, 4.69) is 4.74 Å². The average molecular weight is 297 g/mol. The van der Waals surface area contributed by atoms with E-state index in [-0.39, 0.29) is 13.1 Å². The van der Waals surface area contributed by atoms with E-state index in [9.17, 15) is 21.6 Å². The quantitative estimate of drug-likeness (QED) is 0.717. The van der Waals surface area contributed by atoms with Gasteiger partial charge in [0, 0.05) is 20.1 Å². The molecule has 0 saturated carbocycles. The van der Waals surface area contributed by atoms with Gasteiger partial charge in [-0.15, -0.1) is 0 Å². The molecule has 0 spiro atoms. The summed E-state index contributed by atoms with van der Waals surface area (Å²) in [7, 11) is -6.21. The minimum Gasteiger partial charge on any atom is -0.475 e. The lowest BCUT2D eigenvalue weighted by Crippen LogP contribution is -2.35. The molecule has 0 bridgehead atoms. The van der Waals surface area contributed by atoms with Gasteiger partial charge in [0.2, 0.25) is 0 Å². The fraction of sp³-hybridized carbons (Fsp3) is 0.857. The lowest BCUT2D eigenvalue weighted by molar-refractivity contribution is -0.192. The second-order valence-electron chi connectivity index (χ2n) is 3.23. The van der Waals surface area contributed by atoms with Crippen molar-refractivity contribution in [2.75, 3.05) is 20.1 Å². The van der Waals surface area contributed by atoms with Crippen molar-refractivity contribution in [1.29, 1.82) is 0 Å². The molecule has 0 radical (unpaired) electrons. The summed E-state index contributed by atoms with van der Waals surface area (Å²) in [6.45, 7) is 0.219. The SMILES string of the molecule is O=C(O)C(F)(F)F.[2H]C([2H])([2H])OC1CCN(S(N)(=O)=O)C1. The van der Waals surface area contributed by atoms with Crippen molar-refractivity contribution in [2.45, 2.75) is 18.7 Å². The number of aliphatic carboxylic acids is 1. The summed E-state index contributed by atoms with van der Waals surface area (Å²) in [5.41, 5.74) is 0. The van der Waals surface area contributed by atoms with Crippen LogP contribution in [0.1, 0.15) is 10.5 Å². The maximum atomic E-state index is 10.9. The smallest absolute Gasteiger partial charge is 0.475 e. The third kappa shape index (κ3) is 6.14. The fourth-order valence-electron chi connectivity index (χ4n) is 1.03. The van der Waals surface area contributed by atoms with Crippen molar-refractivity contribution in [3.05, 3.63) is 0 Å². The van der Waals surface area contributed by atoms with Crippen molar-refractivity contribution in [1.82, 2.24) is 4.31 Å². The minimum absolute atomic E-state index is 0.0111. The maximum Gasteiger partial charge on any atom is 0.490 e. The summed E-state index contributed by atoms with van der Waals surface area (Å²) < 4.78 is 79.6. The number of nitrogens with two attached hydrogens (primary N) is 1. The van der Waals surface area contributed by atoms with Gasteiger partial charge in [-0.25, -0.2) is 9.93 Å².